The number of methoxy groups -OCH3 is 1. The van der Waals surface area contributed by atoms with Crippen molar-refractivity contribution in [1.82, 2.24) is 14.3 Å². The van der Waals surface area contributed by atoms with Crippen LogP contribution in [0.5, 0.6) is 5.75 Å². The molecule has 6 rings (SSSR count). The summed E-state index contributed by atoms with van der Waals surface area (Å²) >= 11 is 0. The number of imidazole rings is 1. The van der Waals surface area contributed by atoms with E-state index in [1.165, 1.54) is 18.5 Å². The van der Waals surface area contributed by atoms with Gasteiger partial charge in [0.25, 0.3) is 0 Å². The maximum atomic E-state index is 13.2. The van der Waals surface area contributed by atoms with Gasteiger partial charge in [-0.3, -0.25) is 0 Å². The van der Waals surface area contributed by atoms with E-state index in [9.17, 15) is 4.79 Å². The normalized spacial score (nSPS) is 17.8. The fraction of sp³-hybridized carbons (Fsp3) is 0.333. The van der Waals surface area contributed by atoms with Crippen molar-refractivity contribution >= 4 is 22.9 Å². The lowest BCUT2D eigenvalue weighted by atomic mass is 9.97. The summed E-state index contributed by atoms with van der Waals surface area (Å²) in [6.45, 7) is 3.62. The van der Waals surface area contributed by atoms with Crippen molar-refractivity contribution in [2.45, 2.75) is 31.6 Å². The number of nitrogens with zero attached hydrogens (tertiary/aromatic N) is 4. The van der Waals surface area contributed by atoms with Gasteiger partial charge in [-0.15, -0.1) is 0 Å². The van der Waals surface area contributed by atoms with Crippen molar-refractivity contribution in [3.63, 3.8) is 0 Å². The van der Waals surface area contributed by atoms with Crippen molar-refractivity contribution in [1.29, 1.82) is 0 Å². The second kappa shape index (κ2) is 10.2. The number of aromatic nitrogens is 2. The van der Waals surface area contributed by atoms with Crippen LogP contribution in [0.1, 0.15) is 37.4 Å². The number of benzene rings is 2. The Balaban J connectivity index is 1.21. The monoisotopic (exact) mass is 495 g/mol. The van der Waals surface area contributed by atoms with E-state index < -0.39 is 0 Å². The first kappa shape index (κ1) is 23.4. The number of amides is 2. The molecule has 2 aromatic carbocycles. The number of urea groups is 1. The molecule has 2 aliphatic heterocycles. The third kappa shape index (κ3) is 4.73. The Hall–Kier alpha value is -4.00. The van der Waals surface area contributed by atoms with E-state index in [4.69, 9.17) is 9.72 Å². The van der Waals surface area contributed by atoms with E-state index in [2.05, 4.69) is 45.1 Å². The van der Waals surface area contributed by atoms with Crippen molar-refractivity contribution in [3.8, 4) is 17.0 Å². The molecule has 0 spiro atoms. The molecule has 2 aromatic heterocycles. The number of hydrogen-bond acceptors (Lipinski definition) is 4. The Labute approximate surface area is 217 Å². The molecule has 2 fully saturated rings. The summed E-state index contributed by atoms with van der Waals surface area (Å²) in [6.07, 6.45) is 6.52. The molecule has 7 heteroatoms. The SMILES string of the molecule is COc1cccc(-c2nc(C3CCCN(C(=O)Nc4ccc(N5CCCC5)cc4)C3)n3ccccc23)c1. The number of carbonyl (C=O) groups excluding carboxylic acids is 1. The zero-order valence-corrected chi connectivity index (χ0v) is 21.3. The molecule has 0 radical (unpaired) electrons. The Morgan fingerprint density at radius 2 is 1.81 bits per heavy atom. The van der Waals surface area contributed by atoms with Gasteiger partial charge in [-0.2, -0.15) is 0 Å². The largest absolute Gasteiger partial charge is 0.497 e. The van der Waals surface area contributed by atoms with E-state index >= 15 is 0 Å². The summed E-state index contributed by atoms with van der Waals surface area (Å²) in [5.74, 6) is 1.97. The number of nitrogens with one attached hydrogen (secondary N) is 1. The molecule has 0 bridgehead atoms. The second-order valence-electron chi connectivity index (χ2n) is 9.96. The van der Waals surface area contributed by atoms with Gasteiger partial charge in [0.1, 0.15) is 11.6 Å². The molecule has 0 saturated carbocycles. The van der Waals surface area contributed by atoms with Crippen LogP contribution in [-0.4, -0.2) is 53.6 Å². The van der Waals surface area contributed by atoms with E-state index in [1.807, 2.05) is 47.4 Å². The lowest BCUT2D eigenvalue weighted by Crippen LogP contribution is -2.42. The van der Waals surface area contributed by atoms with Gasteiger partial charge in [0.05, 0.1) is 18.3 Å². The fourth-order valence-corrected chi connectivity index (χ4v) is 5.64. The summed E-state index contributed by atoms with van der Waals surface area (Å²) in [5.41, 5.74) is 5.09. The zero-order valence-electron chi connectivity index (χ0n) is 21.3. The number of rotatable bonds is 5. The molecular weight excluding hydrogens is 462 g/mol. The minimum absolute atomic E-state index is 0.0486. The third-order valence-electron chi connectivity index (χ3n) is 7.58. The average molecular weight is 496 g/mol. The van der Waals surface area contributed by atoms with Crippen LogP contribution in [0.15, 0.2) is 72.9 Å². The van der Waals surface area contributed by atoms with Gasteiger partial charge < -0.3 is 24.3 Å². The Morgan fingerprint density at radius 1 is 0.973 bits per heavy atom. The molecule has 1 atom stereocenters. The number of anilines is 2. The van der Waals surface area contributed by atoms with Crippen LogP contribution in [0, 0.1) is 0 Å². The molecule has 4 aromatic rings. The number of piperidine rings is 1. The molecule has 0 aliphatic carbocycles. The van der Waals surface area contributed by atoms with Gasteiger partial charge in [-0.1, -0.05) is 18.2 Å². The van der Waals surface area contributed by atoms with Crippen LogP contribution in [-0.2, 0) is 0 Å². The van der Waals surface area contributed by atoms with E-state index in [0.29, 0.717) is 6.54 Å². The van der Waals surface area contributed by atoms with Crippen molar-refractivity contribution in [2.24, 2.45) is 0 Å². The standard InChI is InChI=1S/C30H33N5O2/c1-37-26-10-6-8-22(20-26)28-27-11-2-3-19-35(27)29(32-28)23-9-7-18-34(21-23)30(36)31-24-12-14-25(15-13-24)33-16-4-5-17-33/h2-3,6,8,10-15,19-20,23H,4-5,7,9,16-18,21H2,1H3,(H,31,36). The van der Waals surface area contributed by atoms with E-state index in [1.54, 1.807) is 7.11 Å². The molecule has 2 aliphatic rings. The first-order valence-electron chi connectivity index (χ1n) is 13.2. The van der Waals surface area contributed by atoms with Crippen LogP contribution in [0.25, 0.3) is 16.8 Å². The Kier molecular flexibility index (Phi) is 6.43. The van der Waals surface area contributed by atoms with Crippen LogP contribution >= 0.6 is 0 Å². The van der Waals surface area contributed by atoms with E-state index in [0.717, 1.165) is 66.5 Å². The van der Waals surface area contributed by atoms with Gasteiger partial charge in [0, 0.05) is 55.2 Å². The number of hydrogen-bond donors (Lipinski definition) is 1. The zero-order chi connectivity index (χ0) is 25.2. The number of ether oxygens (including phenoxy) is 1. The minimum atomic E-state index is -0.0486. The number of pyridine rings is 1. The highest BCUT2D eigenvalue weighted by Crippen LogP contribution is 2.33. The molecule has 4 heterocycles. The maximum Gasteiger partial charge on any atom is 0.321 e. The smallest absolute Gasteiger partial charge is 0.321 e. The highest BCUT2D eigenvalue weighted by molar-refractivity contribution is 5.89. The minimum Gasteiger partial charge on any atom is -0.497 e. The van der Waals surface area contributed by atoms with Gasteiger partial charge >= 0.3 is 6.03 Å². The molecule has 2 saturated heterocycles. The van der Waals surface area contributed by atoms with Crippen molar-refractivity contribution in [3.05, 3.63) is 78.8 Å². The maximum absolute atomic E-state index is 13.2. The number of carbonyl (C=O) groups is 1. The van der Waals surface area contributed by atoms with Gasteiger partial charge in [-0.05, 0) is 74.2 Å². The number of likely N-dealkylation sites (tertiary alicyclic amines) is 1. The molecule has 7 nitrogen and oxygen atoms in total. The van der Waals surface area contributed by atoms with Crippen LogP contribution in [0.2, 0.25) is 0 Å². The first-order valence-corrected chi connectivity index (χ1v) is 13.2. The summed E-state index contributed by atoms with van der Waals surface area (Å²) < 4.78 is 7.62. The lowest BCUT2D eigenvalue weighted by molar-refractivity contribution is 0.191. The van der Waals surface area contributed by atoms with E-state index in [-0.39, 0.29) is 11.9 Å². The number of fused-ring (bicyclic) bond motifs is 1. The molecule has 1 N–H and O–H groups in total. The summed E-state index contributed by atoms with van der Waals surface area (Å²) in [7, 11) is 1.68. The first-order chi connectivity index (χ1) is 18.2. The summed E-state index contributed by atoms with van der Waals surface area (Å²) in [4.78, 5) is 22.7. The molecule has 190 valence electrons. The molecular formula is C30H33N5O2. The Bertz CT molecular complexity index is 1390. The second-order valence-corrected chi connectivity index (χ2v) is 9.96. The predicted molar refractivity (Wildman–Crippen MR) is 148 cm³/mol. The van der Waals surface area contributed by atoms with Crippen LogP contribution < -0.4 is 15.0 Å². The highest BCUT2D eigenvalue weighted by atomic mass is 16.5. The quantitative estimate of drug-likeness (QED) is 0.368. The summed E-state index contributed by atoms with van der Waals surface area (Å²) in [5, 5.41) is 3.11. The third-order valence-corrected chi connectivity index (χ3v) is 7.58. The van der Waals surface area contributed by atoms with Gasteiger partial charge in [0.2, 0.25) is 0 Å². The van der Waals surface area contributed by atoms with Crippen LogP contribution in [0.3, 0.4) is 0 Å². The van der Waals surface area contributed by atoms with Crippen molar-refractivity contribution in [2.75, 3.05) is 43.5 Å². The predicted octanol–water partition coefficient (Wildman–Crippen LogP) is 6.02. The van der Waals surface area contributed by atoms with Crippen molar-refractivity contribution < 1.29 is 9.53 Å². The van der Waals surface area contributed by atoms with Gasteiger partial charge in [-0.25, -0.2) is 9.78 Å². The Morgan fingerprint density at radius 3 is 2.62 bits per heavy atom. The van der Waals surface area contributed by atoms with Gasteiger partial charge in [0.15, 0.2) is 0 Å². The highest BCUT2D eigenvalue weighted by Gasteiger charge is 2.29. The van der Waals surface area contributed by atoms with Crippen LogP contribution in [0.4, 0.5) is 16.2 Å². The lowest BCUT2D eigenvalue weighted by Gasteiger charge is -2.32. The topological polar surface area (TPSA) is 62.1 Å². The summed E-state index contributed by atoms with van der Waals surface area (Å²) in [6, 6.07) is 22.4. The molecule has 37 heavy (non-hydrogen) atoms. The fourth-order valence-electron chi connectivity index (χ4n) is 5.64. The average Bonchev–Trinajstić information content (AvgIpc) is 3.63. The molecule has 1 unspecified atom stereocenters. The molecule has 2 amide bonds.